The standard InChI is InChI=1S/C24H16FN3O6/c25-21-10-2-1-6-16(21)14-34-19-9-3-5-15(11-19)12-20-22(29)26-24(31)27(23(20)30)17-7-4-8-18(13-17)28(32)33/h1-13H,14H2,(H,26,29,31)/b20-12-. The molecule has 1 heterocycles. The molecule has 1 N–H and O–H groups in total. The molecule has 4 rings (SSSR count). The molecule has 1 aliphatic rings. The Labute approximate surface area is 192 Å². The average molecular weight is 461 g/mol. The Kier molecular flexibility index (Phi) is 6.13. The van der Waals surface area contributed by atoms with Crippen molar-refractivity contribution in [3.05, 3.63) is 105 Å². The second-order valence-corrected chi connectivity index (χ2v) is 7.19. The lowest BCUT2D eigenvalue weighted by Crippen LogP contribution is -2.54. The first kappa shape index (κ1) is 22.3. The van der Waals surface area contributed by atoms with E-state index in [0.717, 1.165) is 6.07 Å². The summed E-state index contributed by atoms with van der Waals surface area (Å²) in [5.41, 5.74) is 0.0479. The molecule has 0 spiro atoms. The van der Waals surface area contributed by atoms with Gasteiger partial charge in [-0.05, 0) is 35.9 Å². The van der Waals surface area contributed by atoms with Crippen molar-refractivity contribution in [3.8, 4) is 5.75 Å². The molecule has 170 valence electrons. The van der Waals surface area contributed by atoms with Crippen molar-refractivity contribution in [2.75, 3.05) is 4.90 Å². The molecule has 0 saturated carbocycles. The van der Waals surface area contributed by atoms with Gasteiger partial charge in [-0.2, -0.15) is 0 Å². The number of nitro benzene ring substituents is 1. The van der Waals surface area contributed by atoms with Crippen molar-refractivity contribution in [1.82, 2.24) is 5.32 Å². The lowest BCUT2D eigenvalue weighted by atomic mass is 10.1. The van der Waals surface area contributed by atoms with E-state index in [4.69, 9.17) is 4.74 Å². The van der Waals surface area contributed by atoms with Gasteiger partial charge in [-0.1, -0.05) is 36.4 Å². The van der Waals surface area contributed by atoms with Gasteiger partial charge in [-0.15, -0.1) is 0 Å². The number of urea groups is 1. The van der Waals surface area contributed by atoms with E-state index in [9.17, 15) is 28.9 Å². The van der Waals surface area contributed by atoms with Crippen LogP contribution in [0.15, 0.2) is 78.4 Å². The van der Waals surface area contributed by atoms with Gasteiger partial charge in [-0.25, -0.2) is 14.1 Å². The Bertz CT molecular complexity index is 1350. The quantitative estimate of drug-likeness (QED) is 0.257. The highest BCUT2D eigenvalue weighted by molar-refractivity contribution is 6.39. The summed E-state index contributed by atoms with van der Waals surface area (Å²) >= 11 is 0. The Hall–Kier alpha value is -4.86. The number of anilines is 1. The van der Waals surface area contributed by atoms with Crippen LogP contribution in [-0.4, -0.2) is 22.8 Å². The highest BCUT2D eigenvalue weighted by Gasteiger charge is 2.37. The van der Waals surface area contributed by atoms with Crippen LogP contribution in [0.4, 0.5) is 20.6 Å². The number of halogens is 1. The Balaban J connectivity index is 1.60. The molecule has 4 amide bonds. The van der Waals surface area contributed by atoms with Gasteiger partial charge in [0.15, 0.2) is 0 Å². The van der Waals surface area contributed by atoms with Gasteiger partial charge < -0.3 is 4.74 Å². The number of benzene rings is 3. The highest BCUT2D eigenvalue weighted by Crippen LogP contribution is 2.26. The smallest absolute Gasteiger partial charge is 0.335 e. The molecular formula is C24H16FN3O6. The van der Waals surface area contributed by atoms with Gasteiger partial charge in [0.2, 0.25) is 0 Å². The van der Waals surface area contributed by atoms with Crippen molar-refractivity contribution < 1.29 is 28.4 Å². The fourth-order valence-electron chi connectivity index (χ4n) is 3.27. The first-order valence-corrected chi connectivity index (χ1v) is 9.95. The van der Waals surface area contributed by atoms with Crippen LogP contribution in [0.25, 0.3) is 6.08 Å². The van der Waals surface area contributed by atoms with E-state index in [2.05, 4.69) is 5.32 Å². The lowest BCUT2D eigenvalue weighted by Gasteiger charge is -2.26. The van der Waals surface area contributed by atoms with Gasteiger partial charge in [0.05, 0.1) is 10.6 Å². The second kappa shape index (κ2) is 9.33. The number of amides is 4. The van der Waals surface area contributed by atoms with E-state index in [0.29, 0.717) is 21.8 Å². The zero-order valence-corrected chi connectivity index (χ0v) is 17.4. The van der Waals surface area contributed by atoms with Crippen LogP contribution >= 0.6 is 0 Å². The first-order valence-electron chi connectivity index (χ1n) is 9.95. The SMILES string of the molecule is O=C1NC(=O)N(c2cccc([N+](=O)[O-])c2)C(=O)/C1=C\c1cccc(OCc2ccccc2F)c1. The van der Waals surface area contributed by atoms with E-state index in [1.807, 2.05) is 0 Å². The van der Waals surface area contributed by atoms with Crippen LogP contribution in [0.5, 0.6) is 5.75 Å². The van der Waals surface area contributed by atoms with Crippen LogP contribution < -0.4 is 15.0 Å². The summed E-state index contributed by atoms with van der Waals surface area (Å²) < 4.78 is 19.4. The molecule has 0 aromatic heterocycles. The van der Waals surface area contributed by atoms with Crippen LogP contribution in [0.2, 0.25) is 0 Å². The summed E-state index contributed by atoms with van der Waals surface area (Å²) in [6.07, 6.45) is 1.27. The molecule has 9 nitrogen and oxygen atoms in total. The first-order chi connectivity index (χ1) is 16.3. The van der Waals surface area contributed by atoms with Crippen LogP contribution in [-0.2, 0) is 16.2 Å². The van der Waals surface area contributed by atoms with E-state index in [-0.39, 0.29) is 23.6 Å². The molecule has 3 aromatic carbocycles. The largest absolute Gasteiger partial charge is 0.489 e. The van der Waals surface area contributed by atoms with Crippen molar-refractivity contribution in [2.45, 2.75) is 6.61 Å². The molecular weight excluding hydrogens is 445 g/mol. The maximum Gasteiger partial charge on any atom is 0.335 e. The molecule has 0 bridgehead atoms. The Morgan fingerprint density at radius 1 is 1.00 bits per heavy atom. The summed E-state index contributed by atoms with van der Waals surface area (Å²) in [6.45, 7) is -0.0266. The van der Waals surface area contributed by atoms with E-state index in [1.165, 1.54) is 30.3 Å². The van der Waals surface area contributed by atoms with E-state index in [1.54, 1.807) is 42.5 Å². The number of hydrogen-bond donors (Lipinski definition) is 1. The molecule has 1 saturated heterocycles. The molecule has 0 radical (unpaired) electrons. The number of nitrogens with one attached hydrogen (secondary N) is 1. The minimum Gasteiger partial charge on any atom is -0.489 e. The number of ether oxygens (including phenoxy) is 1. The number of carbonyl (C=O) groups excluding carboxylic acids is 3. The Morgan fingerprint density at radius 3 is 2.53 bits per heavy atom. The van der Waals surface area contributed by atoms with Gasteiger partial charge >= 0.3 is 6.03 Å². The van der Waals surface area contributed by atoms with E-state index < -0.39 is 28.6 Å². The normalized spacial score (nSPS) is 14.8. The number of non-ortho nitro benzene ring substituents is 1. The molecule has 0 unspecified atom stereocenters. The maximum atomic E-state index is 13.8. The van der Waals surface area contributed by atoms with Gasteiger partial charge in [0.1, 0.15) is 23.7 Å². The second-order valence-electron chi connectivity index (χ2n) is 7.19. The van der Waals surface area contributed by atoms with Gasteiger partial charge in [0.25, 0.3) is 17.5 Å². The molecule has 0 atom stereocenters. The number of hydrogen-bond acceptors (Lipinski definition) is 6. The van der Waals surface area contributed by atoms with Crippen molar-refractivity contribution in [1.29, 1.82) is 0 Å². The molecule has 0 aliphatic carbocycles. The maximum absolute atomic E-state index is 13.8. The summed E-state index contributed by atoms with van der Waals surface area (Å²) in [5, 5.41) is 13.1. The third kappa shape index (κ3) is 4.65. The van der Waals surface area contributed by atoms with Crippen LogP contribution in [0, 0.1) is 15.9 Å². The van der Waals surface area contributed by atoms with Crippen LogP contribution in [0.1, 0.15) is 11.1 Å². The third-order valence-corrected chi connectivity index (χ3v) is 4.92. The average Bonchev–Trinajstić information content (AvgIpc) is 2.81. The molecule has 10 heteroatoms. The van der Waals surface area contributed by atoms with Crippen molar-refractivity contribution in [2.24, 2.45) is 0 Å². The molecule has 1 aliphatic heterocycles. The topological polar surface area (TPSA) is 119 Å². The number of nitrogens with zero attached hydrogens (tertiary/aromatic N) is 2. The zero-order chi connectivity index (χ0) is 24.2. The van der Waals surface area contributed by atoms with Crippen molar-refractivity contribution >= 4 is 35.3 Å². The monoisotopic (exact) mass is 461 g/mol. The Morgan fingerprint density at radius 2 is 1.76 bits per heavy atom. The summed E-state index contributed by atoms with van der Waals surface area (Å²) in [6, 6.07) is 16.5. The third-order valence-electron chi connectivity index (χ3n) is 4.92. The van der Waals surface area contributed by atoms with Gasteiger partial charge in [-0.3, -0.25) is 25.0 Å². The summed E-state index contributed by atoms with van der Waals surface area (Å²) in [5.74, 6) is -1.88. The summed E-state index contributed by atoms with van der Waals surface area (Å²) in [7, 11) is 0. The number of nitro groups is 1. The number of barbiturate groups is 1. The predicted molar refractivity (Wildman–Crippen MR) is 119 cm³/mol. The molecule has 3 aromatic rings. The lowest BCUT2D eigenvalue weighted by molar-refractivity contribution is -0.384. The minimum absolute atomic E-state index is 0.0266. The predicted octanol–water partition coefficient (Wildman–Crippen LogP) is 3.98. The zero-order valence-electron chi connectivity index (χ0n) is 17.4. The van der Waals surface area contributed by atoms with Gasteiger partial charge in [0, 0.05) is 17.7 Å². The van der Waals surface area contributed by atoms with Crippen molar-refractivity contribution in [3.63, 3.8) is 0 Å². The number of carbonyl (C=O) groups is 3. The number of imide groups is 2. The number of rotatable bonds is 6. The fourth-order valence-corrected chi connectivity index (χ4v) is 3.27. The highest BCUT2D eigenvalue weighted by atomic mass is 19.1. The van der Waals surface area contributed by atoms with E-state index >= 15 is 0 Å². The fraction of sp³-hybridized carbons (Fsp3) is 0.0417. The molecule has 1 fully saturated rings. The molecule has 34 heavy (non-hydrogen) atoms. The van der Waals surface area contributed by atoms with Crippen LogP contribution in [0.3, 0.4) is 0 Å². The summed E-state index contributed by atoms with van der Waals surface area (Å²) in [4.78, 5) is 48.7. The minimum atomic E-state index is -1.02.